The number of ether oxygens (including phenoxy) is 1. The number of likely N-dealkylation sites (tertiary alicyclic amines) is 1. The van der Waals surface area contributed by atoms with Gasteiger partial charge in [0.05, 0.1) is 24.6 Å². The molecule has 0 radical (unpaired) electrons. The van der Waals surface area contributed by atoms with E-state index in [0.717, 1.165) is 50.6 Å². The lowest BCUT2D eigenvalue weighted by molar-refractivity contribution is -0.0598. The smallest absolute Gasteiger partial charge is 0.271 e. The number of nitrogens with one attached hydrogen (secondary N) is 1. The summed E-state index contributed by atoms with van der Waals surface area (Å²) in [6, 6.07) is 1.19. The second-order valence-corrected chi connectivity index (χ2v) is 9.50. The van der Waals surface area contributed by atoms with Gasteiger partial charge in [-0.05, 0) is 57.8 Å². The van der Waals surface area contributed by atoms with E-state index < -0.39 is 0 Å². The molecule has 3 heterocycles. The van der Waals surface area contributed by atoms with Gasteiger partial charge in [-0.1, -0.05) is 6.42 Å². The third-order valence-electron chi connectivity index (χ3n) is 7.53. The van der Waals surface area contributed by atoms with Gasteiger partial charge in [-0.3, -0.25) is 4.79 Å². The zero-order valence-corrected chi connectivity index (χ0v) is 18.0. The van der Waals surface area contributed by atoms with Crippen LogP contribution in [0.5, 0.6) is 0 Å². The molecule has 0 unspecified atom stereocenters. The summed E-state index contributed by atoms with van der Waals surface area (Å²) in [5, 5.41) is 3.02. The van der Waals surface area contributed by atoms with Crippen molar-refractivity contribution < 1.29 is 9.53 Å². The molecule has 1 aromatic heterocycles. The monoisotopic (exact) mass is 413 g/mol. The molecule has 1 amide bonds. The minimum atomic E-state index is -0.103. The Hall–Kier alpha value is -1.73. The first-order valence-electron chi connectivity index (χ1n) is 12.0. The average Bonchev–Trinajstić information content (AvgIpc) is 2.71. The number of carbonyl (C=O) groups excluding carboxylic acids is 1. The first-order chi connectivity index (χ1) is 14.7. The molecule has 2 aliphatic heterocycles. The number of carbonyl (C=O) groups is 1. The van der Waals surface area contributed by atoms with Crippen molar-refractivity contribution in [2.75, 3.05) is 31.1 Å². The fraction of sp³-hybridized carbons (Fsp3) is 0.783. The second kappa shape index (κ2) is 9.18. The maximum atomic E-state index is 12.2. The maximum Gasteiger partial charge on any atom is 0.271 e. The molecule has 2 saturated carbocycles. The van der Waals surface area contributed by atoms with Crippen molar-refractivity contribution in [3.8, 4) is 0 Å². The van der Waals surface area contributed by atoms with Crippen LogP contribution < -0.4 is 10.2 Å². The minimum Gasteiger partial charge on any atom is -0.375 e. The van der Waals surface area contributed by atoms with E-state index in [1.807, 2.05) is 0 Å². The summed E-state index contributed by atoms with van der Waals surface area (Å²) in [6.07, 6.45) is 16.2. The number of anilines is 1. The van der Waals surface area contributed by atoms with Crippen LogP contribution in [0.15, 0.2) is 12.4 Å². The van der Waals surface area contributed by atoms with Gasteiger partial charge in [0.15, 0.2) is 0 Å². The number of hydrogen-bond acceptors (Lipinski definition) is 6. The van der Waals surface area contributed by atoms with Gasteiger partial charge in [0.25, 0.3) is 5.91 Å². The van der Waals surface area contributed by atoms with Gasteiger partial charge in [0.2, 0.25) is 0 Å². The number of rotatable bonds is 6. The van der Waals surface area contributed by atoms with Gasteiger partial charge < -0.3 is 19.9 Å². The lowest BCUT2D eigenvalue weighted by atomic mass is 9.89. The molecule has 7 heteroatoms. The third-order valence-corrected chi connectivity index (χ3v) is 7.53. The Bertz CT molecular complexity index is 703. The van der Waals surface area contributed by atoms with Crippen molar-refractivity contribution in [3.05, 3.63) is 18.1 Å². The first-order valence-corrected chi connectivity index (χ1v) is 12.0. The van der Waals surface area contributed by atoms with E-state index >= 15 is 0 Å². The highest BCUT2D eigenvalue weighted by Gasteiger charge is 2.31. The molecule has 2 saturated heterocycles. The Morgan fingerprint density at radius 2 is 1.53 bits per heavy atom. The predicted molar refractivity (Wildman–Crippen MR) is 116 cm³/mol. The standard InChI is InChI=1S/C23H35N5O2/c29-23(26-17-3-1-4-17)21-15-25-22(16-24-21)28-13-9-20(10-14-28)30-19-7-11-27(12-8-19)18-5-2-6-18/h15-20H,1-14H2,(H,26,29). The van der Waals surface area contributed by atoms with E-state index in [9.17, 15) is 4.79 Å². The summed E-state index contributed by atoms with van der Waals surface area (Å²) < 4.78 is 6.46. The first kappa shape index (κ1) is 20.2. The Balaban J connectivity index is 1.05. The lowest BCUT2D eigenvalue weighted by Crippen LogP contribution is -2.47. The van der Waals surface area contributed by atoms with Gasteiger partial charge in [-0.25, -0.2) is 9.97 Å². The van der Waals surface area contributed by atoms with E-state index in [2.05, 4.69) is 25.1 Å². The molecule has 0 bridgehead atoms. The SMILES string of the molecule is O=C(NC1CCC1)c1cnc(N2CCC(OC3CCN(C4CCC4)CC3)CC2)cn1. The van der Waals surface area contributed by atoms with E-state index in [-0.39, 0.29) is 5.91 Å². The van der Waals surface area contributed by atoms with E-state index in [0.29, 0.717) is 23.9 Å². The van der Waals surface area contributed by atoms with Crippen LogP contribution in [0.1, 0.15) is 74.7 Å². The molecular weight excluding hydrogens is 378 g/mol. The molecule has 0 atom stereocenters. The van der Waals surface area contributed by atoms with Crippen molar-refractivity contribution >= 4 is 11.7 Å². The van der Waals surface area contributed by atoms with Crippen molar-refractivity contribution in [2.24, 2.45) is 0 Å². The molecule has 1 N–H and O–H groups in total. The fourth-order valence-electron chi connectivity index (χ4n) is 5.04. The van der Waals surface area contributed by atoms with E-state index in [1.165, 1.54) is 51.6 Å². The summed E-state index contributed by atoms with van der Waals surface area (Å²) in [5.74, 6) is 0.761. The molecule has 4 aliphatic rings. The van der Waals surface area contributed by atoms with Crippen molar-refractivity contribution in [1.29, 1.82) is 0 Å². The highest BCUT2D eigenvalue weighted by Crippen LogP contribution is 2.29. The van der Waals surface area contributed by atoms with Crippen molar-refractivity contribution in [3.63, 3.8) is 0 Å². The minimum absolute atomic E-state index is 0.103. The van der Waals surface area contributed by atoms with Gasteiger partial charge >= 0.3 is 0 Å². The van der Waals surface area contributed by atoms with Crippen LogP contribution in [-0.4, -0.2) is 71.2 Å². The molecule has 30 heavy (non-hydrogen) atoms. The Kier molecular flexibility index (Phi) is 6.18. The zero-order valence-electron chi connectivity index (χ0n) is 18.0. The van der Waals surface area contributed by atoms with Crippen molar-refractivity contribution in [1.82, 2.24) is 20.2 Å². The van der Waals surface area contributed by atoms with E-state index in [1.54, 1.807) is 12.4 Å². The number of aromatic nitrogens is 2. The van der Waals surface area contributed by atoms with Gasteiger partial charge in [0, 0.05) is 38.3 Å². The summed E-state index contributed by atoms with van der Waals surface area (Å²) in [4.78, 5) is 26.0. The van der Waals surface area contributed by atoms with E-state index in [4.69, 9.17) is 4.74 Å². The number of nitrogens with zero attached hydrogens (tertiary/aromatic N) is 4. The Morgan fingerprint density at radius 1 is 0.867 bits per heavy atom. The molecule has 2 aliphatic carbocycles. The predicted octanol–water partition coefficient (Wildman–Crippen LogP) is 2.76. The van der Waals surface area contributed by atoms with Gasteiger partial charge in [-0.2, -0.15) is 0 Å². The molecular formula is C23H35N5O2. The summed E-state index contributed by atoms with van der Waals surface area (Å²) >= 11 is 0. The topological polar surface area (TPSA) is 70.6 Å². The summed E-state index contributed by atoms with van der Waals surface area (Å²) in [6.45, 7) is 4.30. The van der Waals surface area contributed by atoms with Gasteiger partial charge in [0.1, 0.15) is 11.5 Å². The van der Waals surface area contributed by atoms with Crippen LogP contribution in [0.2, 0.25) is 0 Å². The van der Waals surface area contributed by atoms with Crippen LogP contribution in [0.25, 0.3) is 0 Å². The number of hydrogen-bond donors (Lipinski definition) is 1. The Labute approximate surface area is 179 Å². The largest absolute Gasteiger partial charge is 0.375 e. The number of amides is 1. The normalized spacial score (nSPS) is 25.0. The van der Waals surface area contributed by atoms with Gasteiger partial charge in [-0.15, -0.1) is 0 Å². The highest BCUT2D eigenvalue weighted by molar-refractivity contribution is 5.92. The maximum absolute atomic E-state index is 12.2. The molecule has 4 fully saturated rings. The van der Waals surface area contributed by atoms with Crippen molar-refractivity contribution in [2.45, 2.75) is 88.5 Å². The van der Waals surface area contributed by atoms with Crippen LogP contribution >= 0.6 is 0 Å². The zero-order chi connectivity index (χ0) is 20.3. The quantitative estimate of drug-likeness (QED) is 0.773. The average molecular weight is 414 g/mol. The summed E-state index contributed by atoms with van der Waals surface area (Å²) in [7, 11) is 0. The molecule has 164 valence electrons. The van der Waals surface area contributed by atoms with Crippen LogP contribution in [-0.2, 0) is 4.74 Å². The molecule has 0 aromatic carbocycles. The third kappa shape index (κ3) is 4.62. The van der Waals surface area contributed by atoms with Crippen LogP contribution in [0, 0.1) is 0 Å². The lowest BCUT2D eigenvalue weighted by Gasteiger charge is -2.42. The van der Waals surface area contributed by atoms with Crippen LogP contribution in [0.4, 0.5) is 5.82 Å². The highest BCUT2D eigenvalue weighted by atomic mass is 16.5. The Morgan fingerprint density at radius 3 is 2.07 bits per heavy atom. The second-order valence-electron chi connectivity index (χ2n) is 9.50. The fourth-order valence-corrected chi connectivity index (χ4v) is 5.04. The molecule has 7 nitrogen and oxygen atoms in total. The molecule has 0 spiro atoms. The molecule has 5 rings (SSSR count). The molecule has 1 aromatic rings. The number of piperidine rings is 2. The summed E-state index contributed by atoms with van der Waals surface area (Å²) in [5.41, 5.74) is 0.414. The van der Waals surface area contributed by atoms with Crippen LogP contribution in [0.3, 0.4) is 0 Å².